The third-order valence-corrected chi connectivity index (χ3v) is 5.49. The minimum absolute atomic E-state index is 0.184. The van der Waals surface area contributed by atoms with Crippen molar-refractivity contribution >= 4 is 26.5 Å². The van der Waals surface area contributed by atoms with Crippen LogP contribution in [-0.2, 0) is 16.1 Å². The highest BCUT2D eigenvalue weighted by Gasteiger charge is 2.30. The lowest BCUT2D eigenvalue weighted by Gasteiger charge is -2.11. The maximum Gasteiger partial charge on any atom is 0.416 e. The summed E-state index contributed by atoms with van der Waals surface area (Å²) in [5, 5.41) is 0.785. The molecule has 0 bridgehead atoms. The zero-order valence-corrected chi connectivity index (χ0v) is 13.4. The first-order valence-corrected chi connectivity index (χ1v) is 8.54. The van der Waals surface area contributed by atoms with Crippen molar-refractivity contribution in [3.8, 4) is 0 Å². The maximum absolute atomic E-state index is 13.1. The molecule has 0 radical (unpaired) electrons. The number of fused-ring (bicyclic) bond motifs is 1. The van der Waals surface area contributed by atoms with E-state index in [9.17, 15) is 17.4 Å². The molecule has 126 valence electrons. The number of aromatic nitrogens is 1. The largest absolute Gasteiger partial charge is 0.416 e. The van der Waals surface area contributed by atoms with Crippen LogP contribution in [0.3, 0.4) is 0 Å². The summed E-state index contributed by atoms with van der Waals surface area (Å²) in [4.78, 5) is 3.20. The van der Waals surface area contributed by atoms with E-state index in [0.29, 0.717) is 5.69 Å². The molecule has 1 unspecified atom stereocenters. The highest BCUT2D eigenvalue weighted by atomic mass is 32.2. The normalized spacial score (nSPS) is 14.5. The molecule has 1 aromatic heterocycles. The number of aromatic amines is 1. The Balaban J connectivity index is 2.10. The van der Waals surface area contributed by atoms with Gasteiger partial charge in [-0.25, -0.2) is 8.93 Å². The van der Waals surface area contributed by atoms with Crippen LogP contribution in [0.1, 0.15) is 5.56 Å². The Morgan fingerprint density at radius 2 is 1.75 bits per heavy atom. The molecule has 8 heteroatoms. The quantitative estimate of drug-likeness (QED) is 0.717. The first kappa shape index (κ1) is 16.5. The van der Waals surface area contributed by atoms with Gasteiger partial charge in [0, 0.05) is 17.1 Å². The van der Waals surface area contributed by atoms with Gasteiger partial charge >= 0.3 is 6.18 Å². The van der Waals surface area contributed by atoms with E-state index in [1.807, 2.05) is 24.3 Å². The van der Waals surface area contributed by atoms with Gasteiger partial charge in [0.1, 0.15) is 9.92 Å². The number of alkyl halides is 3. The number of hydrogen-bond acceptors (Lipinski definition) is 2. The maximum atomic E-state index is 13.1. The van der Waals surface area contributed by atoms with Crippen molar-refractivity contribution in [2.75, 3.05) is 7.05 Å². The first-order valence-electron chi connectivity index (χ1n) is 7.02. The molecule has 0 aliphatic carbocycles. The molecule has 0 aliphatic heterocycles. The van der Waals surface area contributed by atoms with Crippen molar-refractivity contribution in [1.29, 1.82) is 0 Å². The molecule has 0 saturated carbocycles. The van der Waals surface area contributed by atoms with Gasteiger partial charge in [-0.1, -0.05) is 18.2 Å². The monoisotopic (exact) mass is 353 g/mol. The van der Waals surface area contributed by atoms with Crippen LogP contribution in [0, 0.1) is 0 Å². The molecule has 4 nitrogen and oxygen atoms in total. The Bertz CT molecular complexity index is 984. The number of benzene rings is 2. The number of hydrogen-bond donors (Lipinski definition) is 2. The summed E-state index contributed by atoms with van der Waals surface area (Å²) in [5.74, 6) is 0. The standard InChI is InChI=1S/C16H14F3N3OS/c1-20-24(23,12-8-6-11(7-9-12)16(17,18)19)22-15-10-21-14-5-3-2-4-13(14)15/h2-10,21H,1H3,(H,20,22,23). The predicted octanol–water partition coefficient (Wildman–Crippen LogP) is 4.48. The number of nitrogens with one attached hydrogen (secondary N) is 2. The van der Waals surface area contributed by atoms with E-state index in [-0.39, 0.29) is 4.90 Å². The van der Waals surface area contributed by atoms with E-state index >= 15 is 0 Å². The van der Waals surface area contributed by atoms with Gasteiger partial charge in [0.25, 0.3) is 0 Å². The summed E-state index contributed by atoms with van der Waals surface area (Å²) in [6.45, 7) is 0. The van der Waals surface area contributed by atoms with Crippen LogP contribution in [0.25, 0.3) is 10.9 Å². The van der Waals surface area contributed by atoms with Gasteiger partial charge < -0.3 is 4.98 Å². The zero-order valence-electron chi connectivity index (χ0n) is 12.6. The summed E-state index contributed by atoms with van der Waals surface area (Å²) >= 11 is 0. The van der Waals surface area contributed by atoms with Crippen molar-refractivity contribution < 1.29 is 17.4 Å². The van der Waals surface area contributed by atoms with E-state index in [2.05, 4.69) is 14.1 Å². The third-order valence-electron chi connectivity index (χ3n) is 3.57. The van der Waals surface area contributed by atoms with Crippen LogP contribution in [0.4, 0.5) is 18.9 Å². The Morgan fingerprint density at radius 1 is 1.08 bits per heavy atom. The SMILES string of the molecule is CNS(=O)(=Nc1c[nH]c2ccccc12)c1ccc(C(F)(F)F)cc1. The number of halogens is 3. The second kappa shape index (κ2) is 5.95. The van der Waals surface area contributed by atoms with E-state index < -0.39 is 21.7 Å². The summed E-state index contributed by atoms with van der Waals surface area (Å²) in [7, 11) is -1.64. The highest BCUT2D eigenvalue weighted by Crippen LogP contribution is 2.31. The van der Waals surface area contributed by atoms with Gasteiger partial charge in [0.05, 0.1) is 16.1 Å². The summed E-state index contributed by atoms with van der Waals surface area (Å²) in [6, 6.07) is 11.5. The third kappa shape index (κ3) is 3.02. The second-order valence-electron chi connectivity index (χ2n) is 5.06. The molecule has 24 heavy (non-hydrogen) atoms. The van der Waals surface area contributed by atoms with Crippen LogP contribution in [0.15, 0.2) is 64.0 Å². The van der Waals surface area contributed by atoms with Gasteiger partial charge in [-0.2, -0.15) is 17.5 Å². The minimum Gasteiger partial charge on any atom is -0.359 e. The predicted molar refractivity (Wildman–Crippen MR) is 87.3 cm³/mol. The smallest absolute Gasteiger partial charge is 0.359 e. The lowest BCUT2D eigenvalue weighted by molar-refractivity contribution is -0.137. The van der Waals surface area contributed by atoms with Crippen molar-refractivity contribution in [2.45, 2.75) is 11.1 Å². The van der Waals surface area contributed by atoms with Crippen LogP contribution in [0.2, 0.25) is 0 Å². The Labute approximate surface area is 137 Å². The Morgan fingerprint density at radius 3 is 2.38 bits per heavy atom. The molecule has 0 fully saturated rings. The lowest BCUT2D eigenvalue weighted by atomic mass is 10.2. The minimum atomic E-state index is -4.44. The summed E-state index contributed by atoms with van der Waals surface area (Å²) in [6.07, 6.45) is -2.82. The van der Waals surface area contributed by atoms with Crippen molar-refractivity contribution in [3.05, 3.63) is 60.3 Å². The molecular weight excluding hydrogens is 339 g/mol. The lowest BCUT2D eigenvalue weighted by Crippen LogP contribution is -2.18. The highest BCUT2D eigenvalue weighted by molar-refractivity contribution is 7.91. The van der Waals surface area contributed by atoms with Crippen LogP contribution >= 0.6 is 0 Å². The van der Waals surface area contributed by atoms with Crippen LogP contribution in [0.5, 0.6) is 0 Å². The average Bonchev–Trinajstić information content (AvgIpc) is 2.97. The van der Waals surface area contributed by atoms with Gasteiger partial charge in [-0.05, 0) is 37.4 Å². The van der Waals surface area contributed by atoms with Crippen LogP contribution in [-0.4, -0.2) is 16.2 Å². The van der Waals surface area contributed by atoms with Gasteiger partial charge in [0.2, 0.25) is 0 Å². The zero-order chi connectivity index (χ0) is 17.4. The van der Waals surface area contributed by atoms with Crippen molar-refractivity contribution in [3.63, 3.8) is 0 Å². The van der Waals surface area contributed by atoms with Crippen molar-refractivity contribution in [1.82, 2.24) is 9.71 Å². The van der Waals surface area contributed by atoms with Gasteiger partial charge in [-0.15, -0.1) is 0 Å². The molecule has 0 spiro atoms. The number of H-pyrrole nitrogens is 1. The molecule has 1 heterocycles. The molecule has 3 rings (SSSR count). The fourth-order valence-electron chi connectivity index (χ4n) is 2.31. The molecular formula is C16H14F3N3OS. The van der Waals surface area contributed by atoms with Gasteiger partial charge in [-0.3, -0.25) is 0 Å². The molecule has 0 aliphatic rings. The topological polar surface area (TPSA) is 57.2 Å². The van der Waals surface area contributed by atoms with Crippen LogP contribution < -0.4 is 4.72 Å². The van der Waals surface area contributed by atoms with E-state index in [4.69, 9.17) is 0 Å². The van der Waals surface area contributed by atoms with Gasteiger partial charge in [0.15, 0.2) is 0 Å². The van der Waals surface area contributed by atoms with Crippen molar-refractivity contribution in [2.24, 2.45) is 4.36 Å². The number of rotatable bonds is 3. The average molecular weight is 353 g/mol. The summed E-state index contributed by atoms with van der Waals surface area (Å²) in [5.41, 5.74) is 0.516. The number of para-hydroxylation sites is 1. The molecule has 1 atom stereocenters. The Kier molecular flexibility index (Phi) is 4.10. The van der Waals surface area contributed by atoms with E-state index in [0.717, 1.165) is 23.0 Å². The first-order chi connectivity index (χ1) is 11.3. The summed E-state index contributed by atoms with van der Waals surface area (Å²) < 4.78 is 57.9. The second-order valence-corrected chi connectivity index (χ2v) is 7.18. The van der Waals surface area contributed by atoms with E-state index in [1.54, 1.807) is 6.20 Å². The Hall–Kier alpha value is -2.32. The fraction of sp³-hybridized carbons (Fsp3) is 0.125. The molecule has 0 saturated heterocycles. The molecule has 0 amide bonds. The molecule has 3 aromatic rings. The molecule has 2 aromatic carbocycles. The van der Waals surface area contributed by atoms with E-state index in [1.165, 1.54) is 19.2 Å². The fourth-order valence-corrected chi connectivity index (χ4v) is 3.68. The molecule has 2 N–H and O–H groups in total. The number of nitrogens with zero attached hydrogens (tertiary/aromatic N) is 1.